The Morgan fingerprint density at radius 1 is 0.605 bits per heavy atom. The summed E-state index contributed by atoms with van der Waals surface area (Å²) in [5.74, 6) is -0.427. The standard InChI is InChI=1S/C36H31N3O4/c37-34(39-36(41)43-25-27-13-5-2-6-14-27)28-19-21-30(22-20-28)38-23-29-15-7-8-16-31(29)32-17-9-10-18-33(32)35(40)42-24-26-11-3-1-4-12-26/h1-22,38H,23-25H2,(H2,37,39,41). The lowest BCUT2D eigenvalue weighted by molar-refractivity contribution is 0.0473. The number of rotatable bonds is 10. The Labute approximate surface area is 250 Å². The molecule has 3 N–H and O–H groups in total. The fraction of sp³-hybridized carbons (Fsp3) is 0.0833. The van der Waals surface area contributed by atoms with Crippen LogP contribution in [0.25, 0.3) is 11.1 Å². The van der Waals surface area contributed by atoms with Crippen LogP contribution in [0.3, 0.4) is 0 Å². The predicted molar refractivity (Wildman–Crippen MR) is 168 cm³/mol. The number of benzene rings is 5. The van der Waals surface area contributed by atoms with Gasteiger partial charge in [0.1, 0.15) is 19.0 Å². The number of anilines is 1. The lowest BCUT2D eigenvalue weighted by atomic mass is 9.95. The Morgan fingerprint density at radius 3 is 1.84 bits per heavy atom. The minimum atomic E-state index is -0.683. The molecule has 214 valence electrons. The molecule has 0 unspecified atom stereocenters. The van der Waals surface area contributed by atoms with Crippen LogP contribution in [0.1, 0.15) is 32.6 Å². The van der Waals surface area contributed by atoms with E-state index in [4.69, 9.17) is 14.9 Å². The number of carbonyl (C=O) groups excluding carboxylic acids is 2. The summed E-state index contributed by atoms with van der Waals surface area (Å²) in [5.41, 5.74) is 6.42. The first-order chi connectivity index (χ1) is 21.1. The maximum atomic E-state index is 13.1. The average Bonchev–Trinajstić information content (AvgIpc) is 3.06. The number of esters is 1. The summed E-state index contributed by atoms with van der Waals surface area (Å²) in [4.78, 5) is 25.2. The van der Waals surface area contributed by atoms with Crippen LogP contribution in [0.4, 0.5) is 10.5 Å². The Kier molecular flexibility index (Phi) is 9.57. The van der Waals surface area contributed by atoms with Gasteiger partial charge >= 0.3 is 12.1 Å². The van der Waals surface area contributed by atoms with Gasteiger partial charge in [-0.1, -0.05) is 103 Å². The molecule has 0 aliphatic carbocycles. The van der Waals surface area contributed by atoms with E-state index in [1.54, 1.807) is 18.2 Å². The molecule has 5 rings (SSSR count). The minimum absolute atomic E-state index is 0.0503. The molecule has 0 radical (unpaired) electrons. The normalized spacial score (nSPS) is 10.4. The molecule has 0 fully saturated rings. The summed E-state index contributed by atoms with van der Waals surface area (Å²) in [6, 6.07) is 41.5. The van der Waals surface area contributed by atoms with Crippen molar-refractivity contribution in [2.45, 2.75) is 19.8 Å². The predicted octanol–water partition coefficient (Wildman–Crippen LogP) is 7.57. The van der Waals surface area contributed by atoms with E-state index in [1.165, 1.54) is 0 Å². The third kappa shape index (κ3) is 7.95. The zero-order valence-corrected chi connectivity index (χ0v) is 23.5. The second-order valence-electron chi connectivity index (χ2n) is 9.76. The largest absolute Gasteiger partial charge is 0.457 e. The third-order valence-corrected chi connectivity index (χ3v) is 6.76. The number of nitrogens with one attached hydrogen (secondary N) is 3. The van der Waals surface area contributed by atoms with Gasteiger partial charge in [0.15, 0.2) is 0 Å². The molecule has 1 amide bonds. The first-order valence-corrected chi connectivity index (χ1v) is 13.9. The van der Waals surface area contributed by atoms with Gasteiger partial charge in [-0.3, -0.25) is 10.7 Å². The average molecular weight is 570 g/mol. The number of alkyl carbamates (subject to hydrolysis) is 1. The fourth-order valence-electron chi connectivity index (χ4n) is 4.52. The van der Waals surface area contributed by atoms with Crippen LogP contribution in [0.2, 0.25) is 0 Å². The Bertz CT molecular complexity index is 1690. The molecule has 7 heteroatoms. The molecule has 0 saturated heterocycles. The van der Waals surface area contributed by atoms with Crippen molar-refractivity contribution >= 4 is 23.6 Å². The maximum absolute atomic E-state index is 13.1. The van der Waals surface area contributed by atoms with Crippen molar-refractivity contribution in [1.82, 2.24) is 5.32 Å². The summed E-state index contributed by atoms with van der Waals surface area (Å²) < 4.78 is 10.8. The summed E-state index contributed by atoms with van der Waals surface area (Å²) in [6.07, 6.45) is -0.683. The van der Waals surface area contributed by atoms with Crippen molar-refractivity contribution in [1.29, 1.82) is 5.41 Å². The van der Waals surface area contributed by atoms with E-state index in [0.29, 0.717) is 17.7 Å². The highest BCUT2D eigenvalue weighted by Gasteiger charge is 2.16. The monoisotopic (exact) mass is 569 g/mol. The van der Waals surface area contributed by atoms with Crippen molar-refractivity contribution in [2.75, 3.05) is 5.32 Å². The van der Waals surface area contributed by atoms with E-state index in [0.717, 1.165) is 33.5 Å². The molecule has 0 aromatic heterocycles. The van der Waals surface area contributed by atoms with E-state index >= 15 is 0 Å². The second kappa shape index (κ2) is 14.3. The van der Waals surface area contributed by atoms with Crippen molar-refractivity contribution in [2.24, 2.45) is 0 Å². The van der Waals surface area contributed by atoms with E-state index in [9.17, 15) is 9.59 Å². The number of amidine groups is 1. The molecule has 0 spiro atoms. The van der Waals surface area contributed by atoms with E-state index < -0.39 is 6.09 Å². The molecule has 0 aliphatic heterocycles. The number of hydrogen-bond acceptors (Lipinski definition) is 6. The van der Waals surface area contributed by atoms with Gasteiger partial charge in [0.05, 0.1) is 5.56 Å². The van der Waals surface area contributed by atoms with Crippen LogP contribution in [-0.2, 0) is 29.2 Å². The molecule has 5 aromatic carbocycles. The maximum Gasteiger partial charge on any atom is 0.413 e. The zero-order chi connectivity index (χ0) is 29.9. The first kappa shape index (κ1) is 28.8. The van der Waals surface area contributed by atoms with Gasteiger partial charge in [-0.05, 0) is 58.1 Å². The quantitative estimate of drug-likeness (QED) is 0.0915. The Hall–Kier alpha value is -5.69. The topological polar surface area (TPSA) is 101 Å². The molecule has 0 heterocycles. The van der Waals surface area contributed by atoms with Gasteiger partial charge < -0.3 is 14.8 Å². The second-order valence-corrected chi connectivity index (χ2v) is 9.76. The lowest BCUT2D eigenvalue weighted by Crippen LogP contribution is -2.30. The van der Waals surface area contributed by atoms with Crippen LogP contribution in [0, 0.1) is 5.41 Å². The molecule has 0 atom stereocenters. The van der Waals surface area contributed by atoms with Crippen molar-refractivity contribution < 1.29 is 19.1 Å². The van der Waals surface area contributed by atoms with Crippen LogP contribution >= 0.6 is 0 Å². The molecular weight excluding hydrogens is 538 g/mol. The van der Waals surface area contributed by atoms with Gasteiger partial charge in [-0.2, -0.15) is 0 Å². The van der Waals surface area contributed by atoms with E-state index in [1.807, 2.05) is 115 Å². The smallest absolute Gasteiger partial charge is 0.413 e. The number of ether oxygens (including phenoxy) is 2. The molecule has 5 aromatic rings. The Morgan fingerprint density at radius 2 is 1.16 bits per heavy atom. The molecule has 43 heavy (non-hydrogen) atoms. The highest BCUT2D eigenvalue weighted by molar-refractivity contribution is 6.04. The van der Waals surface area contributed by atoms with Crippen LogP contribution in [0.15, 0.2) is 133 Å². The Balaban J connectivity index is 1.20. The van der Waals surface area contributed by atoms with Crippen LogP contribution < -0.4 is 10.6 Å². The first-order valence-electron chi connectivity index (χ1n) is 13.9. The SMILES string of the molecule is N=C(NC(=O)OCc1ccccc1)c1ccc(NCc2ccccc2-c2ccccc2C(=O)OCc2ccccc2)cc1. The molecule has 0 bridgehead atoms. The highest BCUT2D eigenvalue weighted by Crippen LogP contribution is 2.29. The highest BCUT2D eigenvalue weighted by atomic mass is 16.5. The van der Waals surface area contributed by atoms with Crippen molar-refractivity contribution in [3.05, 3.63) is 161 Å². The van der Waals surface area contributed by atoms with E-state index in [2.05, 4.69) is 10.6 Å². The lowest BCUT2D eigenvalue weighted by Gasteiger charge is -2.15. The minimum Gasteiger partial charge on any atom is -0.457 e. The van der Waals surface area contributed by atoms with E-state index in [-0.39, 0.29) is 25.0 Å². The van der Waals surface area contributed by atoms with Crippen LogP contribution in [0.5, 0.6) is 0 Å². The van der Waals surface area contributed by atoms with Gasteiger partial charge in [-0.25, -0.2) is 9.59 Å². The van der Waals surface area contributed by atoms with Gasteiger partial charge in [-0.15, -0.1) is 0 Å². The summed E-state index contributed by atoms with van der Waals surface area (Å²) in [7, 11) is 0. The molecular formula is C36H31N3O4. The fourth-order valence-corrected chi connectivity index (χ4v) is 4.52. The summed E-state index contributed by atoms with van der Waals surface area (Å²) in [6.45, 7) is 0.836. The number of amides is 1. The third-order valence-electron chi connectivity index (χ3n) is 6.76. The number of carbonyl (C=O) groups is 2. The van der Waals surface area contributed by atoms with Gasteiger partial charge in [0, 0.05) is 17.8 Å². The van der Waals surface area contributed by atoms with Crippen LogP contribution in [-0.4, -0.2) is 17.9 Å². The number of hydrogen-bond donors (Lipinski definition) is 3. The molecule has 7 nitrogen and oxygen atoms in total. The van der Waals surface area contributed by atoms with Gasteiger partial charge in [0.25, 0.3) is 0 Å². The molecule has 0 aliphatic rings. The zero-order valence-electron chi connectivity index (χ0n) is 23.5. The van der Waals surface area contributed by atoms with Crippen molar-refractivity contribution in [3.63, 3.8) is 0 Å². The summed E-state index contributed by atoms with van der Waals surface area (Å²) >= 11 is 0. The van der Waals surface area contributed by atoms with Crippen molar-refractivity contribution in [3.8, 4) is 11.1 Å². The van der Waals surface area contributed by atoms with Gasteiger partial charge in [0.2, 0.25) is 0 Å². The summed E-state index contributed by atoms with van der Waals surface area (Å²) in [5, 5.41) is 14.1. The molecule has 0 saturated carbocycles.